The van der Waals surface area contributed by atoms with Gasteiger partial charge in [0.2, 0.25) is 5.91 Å². The predicted octanol–water partition coefficient (Wildman–Crippen LogP) is 7.65. The lowest BCUT2D eigenvalue weighted by molar-refractivity contribution is -0.154. The number of nitrogens with zero attached hydrogens (tertiary/aromatic N) is 1. The molecule has 0 aliphatic carbocycles. The molecule has 1 heterocycles. The average molecular weight is 734 g/mol. The number of hydrogen-bond acceptors (Lipinski definition) is 5. The Morgan fingerprint density at radius 1 is 0.865 bits per heavy atom. The van der Waals surface area contributed by atoms with Crippen molar-refractivity contribution >= 4 is 54.0 Å². The van der Waals surface area contributed by atoms with Crippen molar-refractivity contribution in [2.75, 3.05) is 0 Å². The summed E-state index contributed by atoms with van der Waals surface area (Å²) < 4.78 is 6.87. The molecule has 4 aromatic rings. The maximum Gasteiger partial charge on any atom is 0.235 e. The number of hydrogen-bond donors (Lipinski definition) is 1. The molecule has 0 saturated carbocycles. The number of Topliss-reactive ketones (excluding diaryl/α,β-unsaturated/α-hetero) is 2. The zero-order chi connectivity index (χ0) is 37.7. The third kappa shape index (κ3) is 7.65. The van der Waals surface area contributed by atoms with Gasteiger partial charge in [-0.3, -0.25) is 14.4 Å². The standard InChI is InChI=1S/C44H52NO5PSi/c1-8-9-25-39(47)43(51(35-19-13-10-14-20-35,36-21-15-11-16-22-36)37-23-17-12-18-24-37)45-38(30-40(48)34-28-26-33(31-46)27-29-34)41(42(45)49)32(2)50-52(6,7)44(3,4)5/h8,10-24,26-29,32,38,41,46H,1,9,25,30-31H2,2-7H3/t32-,38+,41+/m0/s1. The third-order valence-corrected chi connectivity index (χ3v) is 19.6. The molecule has 272 valence electrons. The van der Waals surface area contributed by atoms with E-state index in [4.69, 9.17) is 4.43 Å². The normalized spacial score (nSPS) is 16.9. The van der Waals surface area contributed by atoms with Crippen molar-refractivity contribution in [3.8, 4) is 0 Å². The van der Waals surface area contributed by atoms with E-state index >= 15 is 9.59 Å². The fourth-order valence-corrected chi connectivity index (χ4v) is 12.9. The number of aliphatic hydroxyl groups is 1. The van der Waals surface area contributed by atoms with Crippen molar-refractivity contribution in [1.29, 1.82) is 0 Å². The maximum atomic E-state index is 15.1. The highest BCUT2D eigenvalue weighted by Gasteiger charge is 2.56. The summed E-state index contributed by atoms with van der Waals surface area (Å²) in [5.41, 5.74) is 1.63. The predicted molar refractivity (Wildman–Crippen MR) is 218 cm³/mol. The molecule has 1 N–H and O–H groups in total. The third-order valence-electron chi connectivity index (χ3n) is 10.7. The number of allylic oxidation sites excluding steroid dienone is 1. The minimum atomic E-state index is -3.04. The molecule has 6 nitrogen and oxygen atoms in total. The van der Waals surface area contributed by atoms with Gasteiger partial charge < -0.3 is 14.4 Å². The fourth-order valence-electron chi connectivity index (χ4n) is 6.98. The van der Waals surface area contributed by atoms with Crippen LogP contribution in [0.25, 0.3) is 0 Å². The second-order valence-electron chi connectivity index (χ2n) is 15.1. The smallest absolute Gasteiger partial charge is 0.235 e. The van der Waals surface area contributed by atoms with E-state index in [0.29, 0.717) is 23.0 Å². The Bertz CT molecular complexity index is 1830. The summed E-state index contributed by atoms with van der Waals surface area (Å²) >= 11 is 0. The molecular weight excluding hydrogens is 682 g/mol. The Morgan fingerprint density at radius 3 is 1.77 bits per heavy atom. The van der Waals surface area contributed by atoms with Gasteiger partial charge in [-0.2, -0.15) is 0 Å². The number of carbonyl (C=O) groups is 3. The van der Waals surface area contributed by atoms with Crippen LogP contribution in [0.1, 0.15) is 62.9 Å². The van der Waals surface area contributed by atoms with Gasteiger partial charge >= 0.3 is 0 Å². The first kappa shape index (κ1) is 39.1. The molecule has 1 aliphatic heterocycles. The van der Waals surface area contributed by atoms with Crippen molar-refractivity contribution in [3.63, 3.8) is 0 Å². The number of rotatable bonds is 15. The molecule has 3 atom stereocenters. The Morgan fingerprint density at radius 2 is 1.35 bits per heavy atom. The first-order valence-corrected chi connectivity index (χ1v) is 22.8. The number of amides is 1. The van der Waals surface area contributed by atoms with Crippen LogP contribution in [0, 0.1) is 5.92 Å². The molecule has 0 radical (unpaired) electrons. The van der Waals surface area contributed by atoms with E-state index in [1.807, 2.05) is 61.5 Å². The minimum absolute atomic E-state index is 0.0106. The van der Waals surface area contributed by atoms with Crippen LogP contribution in [0.5, 0.6) is 0 Å². The van der Waals surface area contributed by atoms with Gasteiger partial charge in [-0.1, -0.05) is 142 Å². The molecule has 8 heteroatoms. The fraction of sp³-hybridized carbons (Fsp3) is 0.318. The van der Waals surface area contributed by atoms with Crippen molar-refractivity contribution in [3.05, 3.63) is 139 Å². The quantitative estimate of drug-likeness (QED) is 0.0447. The molecule has 4 aromatic carbocycles. The lowest BCUT2D eigenvalue weighted by atomic mass is 9.79. The van der Waals surface area contributed by atoms with E-state index in [0.717, 1.165) is 15.9 Å². The van der Waals surface area contributed by atoms with Crippen LogP contribution in [0.15, 0.2) is 128 Å². The monoisotopic (exact) mass is 733 g/mol. The van der Waals surface area contributed by atoms with Crippen LogP contribution in [0.3, 0.4) is 0 Å². The van der Waals surface area contributed by atoms with Gasteiger partial charge in [0.05, 0.1) is 30.1 Å². The van der Waals surface area contributed by atoms with Crippen LogP contribution >= 0.6 is 6.89 Å². The number of benzene rings is 4. The average Bonchev–Trinajstić information content (AvgIpc) is 3.14. The van der Waals surface area contributed by atoms with Crippen molar-refractivity contribution in [1.82, 2.24) is 4.90 Å². The molecule has 5 rings (SSSR count). The zero-order valence-electron chi connectivity index (χ0n) is 31.3. The van der Waals surface area contributed by atoms with Crippen LogP contribution in [0.4, 0.5) is 0 Å². The lowest BCUT2D eigenvalue weighted by Crippen LogP contribution is -2.69. The first-order valence-electron chi connectivity index (χ1n) is 18.1. The highest BCUT2D eigenvalue weighted by molar-refractivity contribution is 7.96. The number of β-lactam (4-membered cyclic amide) rings is 1. The highest BCUT2D eigenvalue weighted by Crippen LogP contribution is 2.51. The minimum Gasteiger partial charge on any atom is -0.413 e. The summed E-state index contributed by atoms with van der Waals surface area (Å²) in [7, 11) is -2.33. The topological polar surface area (TPSA) is 83.9 Å². The summed E-state index contributed by atoms with van der Waals surface area (Å²) in [6.45, 7) is 13.5. The summed E-state index contributed by atoms with van der Waals surface area (Å²) in [5, 5.41) is 12.4. The molecule has 52 heavy (non-hydrogen) atoms. The molecule has 0 bridgehead atoms. The Hall–Kier alpha value is -4.13. The summed E-state index contributed by atoms with van der Waals surface area (Å²) in [6.07, 6.45) is 1.87. The molecule has 0 spiro atoms. The van der Waals surface area contributed by atoms with E-state index in [1.54, 1.807) is 35.2 Å². The number of ketones is 2. The Kier molecular flexibility index (Phi) is 12.2. The van der Waals surface area contributed by atoms with Crippen molar-refractivity contribution in [2.24, 2.45) is 5.92 Å². The van der Waals surface area contributed by atoms with Crippen LogP contribution < -0.4 is 15.9 Å². The van der Waals surface area contributed by atoms with Gasteiger partial charge in [-0.05, 0) is 53.0 Å². The van der Waals surface area contributed by atoms with E-state index in [9.17, 15) is 9.90 Å². The van der Waals surface area contributed by atoms with Crippen molar-refractivity contribution in [2.45, 2.75) is 83.8 Å². The molecule has 0 aromatic heterocycles. The van der Waals surface area contributed by atoms with Gasteiger partial charge in [-0.15, -0.1) is 6.58 Å². The van der Waals surface area contributed by atoms with E-state index in [1.165, 1.54) is 0 Å². The molecule has 1 aliphatic rings. The van der Waals surface area contributed by atoms with Crippen molar-refractivity contribution < 1.29 is 23.9 Å². The first-order chi connectivity index (χ1) is 24.8. The van der Waals surface area contributed by atoms with E-state index in [2.05, 4.69) is 76.8 Å². The zero-order valence-corrected chi connectivity index (χ0v) is 33.2. The number of likely N-dealkylation sites (tertiary alicyclic amines) is 1. The van der Waals surface area contributed by atoms with E-state index < -0.39 is 33.3 Å². The van der Waals surface area contributed by atoms with E-state index in [-0.39, 0.29) is 42.0 Å². The molecule has 1 saturated heterocycles. The van der Waals surface area contributed by atoms with Gasteiger partial charge in [0, 0.05) is 25.3 Å². The molecule has 0 unspecified atom stereocenters. The van der Waals surface area contributed by atoms with Crippen LogP contribution in [-0.2, 0) is 20.6 Å². The van der Waals surface area contributed by atoms with Gasteiger partial charge in [0.15, 0.2) is 19.9 Å². The SMILES string of the molecule is C=CCCC(=O)C(N1C(=O)[C@H]([C@H](C)O[Si](C)(C)C(C)(C)C)[C@H]1CC(=O)c1ccc(CO)cc1)=P(c1ccccc1)(c1ccccc1)c1ccccc1. The highest BCUT2D eigenvalue weighted by atomic mass is 31.2. The Labute approximate surface area is 310 Å². The summed E-state index contributed by atoms with van der Waals surface area (Å²) in [4.78, 5) is 46.0. The molecule has 1 amide bonds. The Balaban J connectivity index is 1.82. The van der Waals surface area contributed by atoms with Crippen LogP contribution in [0.2, 0.25) is 18.1 Å². The molecule has 1 fully saturated rings. The number of aliphatic hydroxyl groups excluding tert-OH is 1. The van der Waals surface area contributed by atoms with Gasteiger partial charge in [-0.25, -0.2) is 0 Å². The summed E-state index contributed by atoms with van der Waals surface area (Å²) in [6, 6.07) is 36.4. The second kappa shape index (κ2) is 16.3. The van der Waals surface area contributed by atoms with Crippen LogP contribution in [-0.4, -0.2) is 53.4 Å². The van der Waals surface area contributed by atoms with Gasteiger partial charge in [0.1, 0.15) is 0 Å². The largest absolute Gasteiger partial charge is 0.413 e. The molecular formula is C44H52NO5PSi. The lowest BCUT2D eigenvalue weighted by Gasteiger charge is -2.53. The second-order valence-corrected chi connectivity index (χ2v) is 23.2. The summed E-state index contributed by atoms with van der Waals surface area (Å²) in [5.74, 6) is -1.12. The maximum absolute atomic E-state index is 15.1. The number of carbonyl (C=O) groups excluding carboxylic acids is 3. The van der Waals surface area contributed by atoms with Gasteiger partial charge in [0.25, 0.3) is 0 Å².